The van der Waals surface area contributed by atoms with E-state index < -0.39 is 53.3 Å². The maximum atomic E-state index is 13.4. The van der Waals surface area contributed by atoms with Crippen LogP contribution < -0.4 is 31.2 Å². The number of hydrogen-bond donors (Lipinski definition) is 4. The van der Waals surface area contributed by atoms with E-state index in [-0.39, 0.29) is 61.1 Å². The number of ketones is 2. The molecule has 0 aliphatic carbocycles. The Morgan fingerprint density at radius 2 is 1.10 bits per heavy atom. The van der Waals surface area contributed by atoms with Gasteiger partial charge in [-0.2, -0.15) is 0 Å². The number of nitrogens with zero attached hydrogens (tertiary/aromatic N) is 6. The second-order valence-electron chi connectivity index (χ2n) is 13.9. The molecule has 0 saturated carbocycles. The molecular weight excluding hydrogens is 1330 g/mol. The number of halogens is 10. The van der Waals surface area contributed by atoms with Gasteiger partial charge in [0.05, 0.1) is 40.1 Å². The van der Waals surface area contributed by atoms with Gasteiger partial charge in [0.25, 0.3) is 0 Å². The fourth-order valence-electron chi connectivity index (χ4n) is 5.43. The lowest BCUT2D eigenvalue weighted by molar-refractivity contribution is 0.0619. The molecule has 0 amide bonds. The van der Waals surface area contributed by atoms with Gasteiger partial charge in [0.2, 0.25) is 23.4 Å². The zero-order valence-electron chi connectivity index (χ0n) is 39.1. The van der Waals surface area contributed by atoms with Crippen LogP contribution in [0.25, 0.3) is 0 Å². The summed E-state index contributed by atoms with van der Waals surface area (Å²) in [7, 11) is 5.43. The number of amidine groups is 3. The van der Waals surface area contributed by atoms with Gasteiger partial charge in [0.15, 0.2) is 29.9 Å². The first kappa shape index (κ1) is 68.9. The lowest BCUT2D eigenvalue weighted by Gasteiger charge is -2.22. The number of rotatable bonds is 13. The van der Waals surface area contributed by atoms with Gasteiger partial charge in [-0.25, -0.2) is 46.8 Å². The number of hydroxylamine groups is 1. The van der Waals surface area contributed by atoms with Crippen LogP contribution in [0.15, 0.2) is 120 Å². The normalized spacial score (nSPS) is 12.4. The molecule has 0 fully saturated rings. The quantitative estimate of drug-likeness (QED) is 0.0123. The van der Waals surface area contributed by atoms with Crippen molar-refractivity contribution < 1.29 is 65.0 Å². The number of aliphatic imine (C=N–C) groups is 1. The van der Waals surface area contributed by atoms with Gasteiger partial charge in [-0.15, -0.1) is 0 Å². The Morgan fingerprint density at radius 3 is 1.53 bits per heavy atom. The van der Waals surface area contributed by atoms with Gasteiger partial charge in [-0.1, -0.05) is 52.9 Å². The van der Waals surface area contributed by atoms with Crippen molar-refractivity contribution in [1.82, 2.24) is 20.4 Å². The molecule has 7 rings (SSSR count). The topological polar surface area (TPSA) is 240 Å². The number of nitrogens with one attached hydrogen (secondary N) is 1. The summed E-state index contributed by atoms with van der Waals surface area (Å²) in [5.41, 5.74) is 15.1. The van der Waals surface area contributed by atoms with E-state index in [9.17, 15) is 35.9 Å². The van der Waals surface area contributed by atoms with E-state index in [1.807, 2.05) is 6.66 Å². The maximum Gasteiger partial charge on any atom is 0.228 e. The van der Waals surface area contributed by atoms with E-state index >= 15 is 0 Å². The number of carbonyl (C=O) groups excluding carboxylic acids is 2. The van der Waals surface area contributed by atoms with Gasteiger partial charge in [-0.05, 0) is 140 Å². The number of methoxy groups -OCH3 is 3. The first-order valence-corrected chi connectivity index (χ1v) is 26.3. The predicted molar refractivity (Wildman–Crippen MR) is 298 cm³/mol. The minimum absolute atomic E-state index is 0. The number of pyridine rings is 3. The molecule has 0 bridgehead atoms. The third-order valence-corrected chi connectivity index (χ3v) is 11.0. The Morgan fingerprint density at radius 1 is 0.701 bits per heavy atom. The number of Topliss-reactive ketones (excluding diaryl/α,β-unsaturated/α-hetero) is 2. The molecule has 0 radical (unpaired) electrons. The smallest absolute Gasteiger partial charge is 0.228 e. The van der Waals surface area contributed by atoms with Crippen molar-refractivity contribution in [3.05, 3.63) is 173 Å². The molecule has 0 saturated heterocycles. The van der Waals surface area contributed by atoms with E-state index in [4.69, 9.17) is 40.6 Å². The van der Waals surface area contributed by atoms with E-state index in [2.05, 4.69) is 111 Å². The van der Waals surface area contributed by atoms with Gasteiger partial charge in [0, 0.05) is 29.3 Å². The number of carbonyl (C=O) groups is 2. The second kappa shape index (κ2) is 35.3. The molecule has 1 unspecified atom stereocenters. The summed E-state index contributed by atoms with van der Waals surface area (Å²) in [6, 6.07) is 18.0. The molecule has 0 spiro atoms. The standard InChI is InChI=1S/C15H12BrF2N3O3.C15H12BrF2N3O2.C8H5BrF2O.C7H8BrN3O2.CH3PS.2CH4/c1-23-15-11(16)2-3-12(20-15)14(19)21-24-7-13(22)8-4-9(17)6-10(18)5-8;1-22-15-11(16)2-3-12(20-15)14-19-13(7-23-21-14)8-4-9(17)6-10(18)5-8;9-4-8(12)5-1-6(10)3-7(11)2-5;1-13-7-4(8)2-3-5(10-7)6(9)11-12;1-2-3;;/h2-6H,7H2,1H3,(H2,19,21);2-6,13H,7H2,1H3,(H,19,21);1-3H,4H2;2-3,12H,1H3,(H2,9,11);1H3;2*1H4. The molecule has 6 N–H and O–H groups in total. The minimum Gasteiger partial charge on any atom is -0.480 e. The average molecular weight is 1380 g/mol. The lowest BCUT2D eigenvalue weighted by Crippen LogP contribution is -2.33. The van der Waals surface area contributed by atoms with Crippen molar-refractivity contribution >= 4 is 112 Å². The van der Waals surface area contributed by atoms with E-state index in [1.165, 1.54) is 33.5 Å². The Labute approximate surface area is 479 Å². The summed E-state index contributed by atoms with van der Waals surface area (Å²) in [6.07, 6.45) is 0. The molecule has 29 heteroatoms. The van der Waals surface area contributed by atoms with Crippen LogP contribution in [-0.4, -0.2) is 95.8 Å². The van der Waals surface area contributed by atoms with Crippen LogP contribution in [0.4, 0.5) is 26.3 Å². The second-order valence-corrected chi connectivity index (χ2v) is 18.5. The molecule has 3 aromatic heterocycles. The summed E-state index contributed by atoms with van der Waals surface area (Å²) in [4.78, 5) is 49.6. The molecule has 1 atom stereocenters. The minimum atomic E-state index is -0.854. The maximum absolute atomic E-state index is 13.4. The van der Waals surface area contributed by atoms with Crippen molar-refractivity contribution in [2.45, 2.75) is 20.9 Å². The van der Waals surface area contributed by atoms with Crippen LogP contribution in [0.5, 0.6) is 17.6 Å². The first-order chi connectivity index (χ1) is 35.7. The third kappa shape index (κ3) is 22.8. The van der Waals surface area contributed by atoms with Crippen LogP contribution in [0.1, 0.15) is 64.3 Å². The predicted octanol–water partition coefficient (Wildman–Crippen LogP) is 11.6. The number of benzene rings is 3. The van der Waals surface area contributed by atoms with Gasteiger partial charge < -0.3 is 35.7 Å². The zero-order chi connectivity index (χ0) is 55.8. The molecule has 414 valence electrons. The number of ether oxygens (including phenoxy) is 3. The highest BCUT2D eigenvalue weighted by Gasteiger charge is 2.22. The lowest BCUT2D eigenvalue weighted by atomic mass is 10.1. The fourth-order valence-corrected chi connectivity index (χ4v) is 6.90. The largest absolute Gasteiger partial charge is 0.480 e. The van der Waals surface area contributed by atoms with Gasteiger partial charge >= 0.3 is 0 Å². The molecule has 77 heavy (non-hydrogen) atoms. The molecule has 3 aromatic carbocycles. The summed E-state index contributed by atoms with van der Waals surface area (Å²) < 4.78 is 95.0. The van der Waals surface area contributed by atoms with Crippen LogP contribution in [0.3, 0.4) is 0 Å². The number of nitrogens with two attached hydrogens (primary N) is 2. The zero-order valence-corrected chi connectivity index (χ0v) is 47.2. The molecule has 1 aliphatic rings. The number of alkyl halides is 1. The van der Waals surface area contributed by atoms with Crippen LogP contribution in [0.2, 0.25) is 0 Å². The fraction of sp³-hybridized carbons (Fsp3) is 0.208. The van der Waals surface area contributed by atoms with Crippen LogP contribution >= 0.6 is 71.1 Å². The van der Waals surface area contributed by atoms with Crippen molar-refractivity contribution in [3.8, 4) is 17.6 Å². The third-order valence-electron chi connectivity index (χ3n) is 8.71. The Kier molecular flexibility index (Phi) is 31.6. The van der Waals surface area contributed by atoms with E-state index in [0.29, 0.717) is 59.9 Å². The number of oxime groups is 2. The van der Waals surface area contributed by atoms with Crippen molar-refractivity contribution in [3.63, 3.8) is 0 Å². The molecule has 1 aliphatic heterocycles. The average Bonchev–Trinajstić information content (AvgIpc) is 3.38. The SMILES string of the molecule is C.C.COc1nc(/C(N)=N/O)ccc1Br.COc1nc(/C(N)=N/OCC(=O)c2cc(F)cc(F)c2)ccc1Br.COc1nc(C2=NC(c3cc(F)cc(F)c3)CON2)ccc1Br.CP=S.O=C(CBr)c1cc(F)cc(F)c1. The number of hydrogen-bond acceptors (Lipinski definition) is 16. The molecular formula is C48H48Br4F6N9O8PS. The first-order valence-electron chi connectivity index (χ1n) is 20.4. The Balaban J connectivity index is 0.000000520. The van der Waals surface area contributed by atoms with Gasteiger partial charge in [-0.3, -0.25) is 19.4 Å². The summed E-state index contributed by atoms with van der Waals surface area (Å²) in [5.74, 6) is -4.16. The Bertz CT molecular complexity index is 2990. The number of aromatic nitrogens is 3. The van der Waals surface area contributed by atoms with Crippen LogP contribution in [-0.2, 0) is 21.5 Å². The van der Waals surface area contributed by atoms with E-state index in [0.717, 1.165) is 43.8 Å². The molecule has 17 nitrogen and oxygen atoms in total. The summed E-state index contributed by atoms with van der Waals surface area (Å²) >= 11 is 17.1. The monoisotopic (exact) mass is 1370 g/mol. The van der Waals surface area contributed by atoms with Gasteiger partial charge in [0.1, 0.15) is 64.6 Å². The highest BCUT2D eigenvalue weighted by Crippen LogP contribution is 2.27. The highest BCUT2D eigenvalue weighted by atomic mass is 79.9. The van der Waals surface area contributed by atoms with Crippen molar-refractivity contribution in [2.75, 3.05) is 46.5 Å². The van der Waals surface area contributed by atoms with E-state index in [1.54, 1.807) is 36.4 Å². The Hall–Kier alpha value is -6.16. The summed E-state index contributed by atoms with van der Waals surface area (Å²) in [6.45, 7) is 1.53. The summed E-state index contributed by atoms with van der Waals surface area (Å²) in [5, 5.41) is 14.8. The van der Waals surface area contributed by atoms with Crippen molar-refractivity contribution in [2.24, 2.45) is 26.8 Å². The highest BCUT2D eigenvalue weighted by molar-refractivity contribution is 9.11. The molecule has 4 heterocycles. The van der Waals surface area contributed by atoms with Crippen molar-refractivity contribution in [1.29, 1.82) is 0 Å². The molecule has 6 aromatic rings. The van der Waals surface area contributed by atoms with Crippen LogP contribution in [0, 0.1) is 34.9 Å².